The number of amides is 1. The van der Waals surface area contributed by atoms with Crippen LogP contribution in [0.25, 0.3) is 12.2 Å². The van der Waals surface area contributed by atoms with Crippen LogP contribution in [0.5, 0.6) is 0 Å². The Morgan fingerprint density at radius 2 is 1.81 bits per heavy atom. The van der Waals surface area contributed by atoms with Crippen molar-refractivity contribution in [3.63, 3.8) is 0 Å². The van der Waals surface area contributed by atoms with E-state index in [0.717, 1.165) is 27.8 Å². The maximum absolute atomic E-state index is 13.7. The third-order valence-corrected chi connectivity index (χ3v) is 8.73. The molecule has 1 saturated heterocycles. The number of piperidine rings is 1. The average molecular weight is 526 g/mol. The largest absolute Gasteiger partial charge is 0.355 e. The zero-order valence-corrected chi connectivity index (χ0v) is 22.4. The Morgan fingerprint density at radius 3 is 2.49 bits per heavy atom. The van der Waals surface area contributed by atoms with Crippen molar-refractivity contribution in [1.29, 1.82) is 0 Å². The molecule has 1 aliphatic heterocycles. The molecule has 2 aromatic carbocycles. The first kappa shape index (κ1) is 26.8. The van der Waals surface area contributed by atoms with Crippen LogP contribution in [0.4, 0.5) is 4.39 Å². The lowest BCUT2D eigenvalue weighted by molar-refractivity contribution is -0.126. The summed E-state index contributed by atoms with van der Waals surface area (Å²) >= 11 is 0. The normalized spacial score (nSPS) is 16.8. The highest BCUT2D eigenvalue weighted by molar-refractivity contribution is 7.89. The summed E-state index contributed by atoms with van der Waals surface area (Å²) in [6, 6.07) is 10.0. The van der Waals surface area contributed by atoms with Gasteiger partial charge in [-0.1, -0.05) is 41.1 Å². The van der Waals surface area contributed by atoms with Gasteiger partial charge < -0.3 is 9.84 Å². The highest BCUT2D eigenvalue weighted by Crippen LogP contribution is 2.30. The van der Waals surface area contributed by atoms with Gasteiger partial charge in [0.25, 0.3) is 0 Å². The molecule has 4 rings (SSSR count). The molecule has 196 valence electrons. The van der Waals surface area contributed by atoms with Gasteiger partial charge in [0.2, 0.25) is 15.9 Å². The van der Waals surface area contributed by atoms with Gasteiger partial charge >= 0.3 is 0 Å². The molecule has 3 aromatic rings. The number of nitrogens with one attached hydrogen (secondary N) is 1. The highest BCUT2D eigenvalue weighted by atomic mass is 32.2. The molecule has 7 nitrogen and oxygen atoms in total. The molecule has 1 aromatic heterocycles. The van der Waals surface area contributed by atoms with Crippen molar-refractivity contribution in [2.75, 3.05) is 13.1 Å². The summed E-state index contributed by atoms with van der Waals surface area (Å²) in [5.74, 6) is -0.886. The van der Waals surface area contributed by atoms with Crippen molar-refractivity contribution in [3.05, 3.63) is 81.5 Å². The predicted octanol–water partition coefficient (Wildman–Crippen LogP) is 4.93. The predicted molar refractivity (Wildman–Crippen MR) is 141 cm³/mol. The maximum atomic E-state index is 13.7. The average Bonchev–Trinajstić information content (AvgIpc) is 3.24. The summed E-state index contributed by atoms with van der Waals surface area (Å²) in [4.78, 5) is 12.9. The van der Waals surface area contributed by atoms with E-state index >= 15 is 0 Å². The van der Waals surface area contributed by atoms with Crippen molar-refractivity contribution in [1.82, 2.24) is 14.8 Å². The summed E-state index contributed by atoms with van der Waals surface area (Å²) in [5, 5.41) is 6.78. The van der Waals surface area contributed by atoms with Crippen LogP contribution in [0.2, 0.25) is 0 Å². The van der Waals surface area contributed by atoms with Crippen molar-refractivity contribution in [3.8, 4) is 0 Å². The van der Waals surface area contributed by atoms with E-state index < -0.39 is 15.9 Å². The maximum Gasteiger partial charge on any atom is 0.248 e. The summed E-state index contributed by atoms with van der Waals surface area (Å²) in [7, 11) is -3.95. The fraction of sp³-hybridized carbons (Fsp3) is 0.357. The van der Waals surface area contributed by atoms with Crippen molar-refractivity contribution in [2.24, 2.45) is 5.92 Å². The van der Waals surface area contributed by atoms with Gasteiger partial charge in [-0.25, -0.2) is 12.8 Å². The number of hydrogen-bond acceptors (Lipinski definition) is 5. The minimum Gasteiger partial charge on any atom is -0.355 e. The first-order chi connectivity index (χ1) is 17.6. The number of rotatable bonds is 7. The highest BCUT2D eigenvalue weighted by Gasteiger charge is 2.36. The second-order valence-corrected chi connectivity index (χ2v) is 11.5. The molecule has 1 unspecified atom stereocenters. The number of carbonyl (C=O) groups excluding carboxylic acids is 1. The molecule has 0 radical (unpaired) electrons. The van der Waals surface area contributed by atoms with Crippen LogP contribution in [-0.4, -0.2) is 36.9 Å². The van der Waals surface area contributed by atoms with Crippen molar-refractivity contribution >= 4 is 28.1 Å². The van der Waals surface area contributed by atoms with Crippen LogP contribution in [0.15, 0.2) is 45.8 Å². The molecule has 1 atom stereocenters. The van der Waals surface area contributed by atoms with Gasteiger partial charge in [-0.05, 0) is 81.0 Å². The Hall–Kier alpha value is -3.30. The lowest BCUT2D eigenvalue weighted by Crippen LogP contribution is -2.45. The fourth-order valence-corrected chi connectivity index (χ4v) is 6.63. The standard InChI is InChI=1S/C28H32FN3O4S/c1-18-14-19(2)25(20(3)15-18)11-12-26-27(21(4)31-36-26)37(34,35)32-13-5-6-23(17-32)28(33)30-16-22-7-9-24(29)10-8-22/h7-12,14-15,23H,5-6,13,16-17H2,1-4H3,(H,30,33)/b12-11+. The van der Waals surface area contributed by atoms with E-state index in [0.29, 0.717) is 19.4 Å². The van der Waals surface area contributed by atoms with Crippen LogP contribution in [-0.2, 0) is 21.4 Å². The molecule has 0 saturated carbocycles. The van der Waals surface area contributed by atoms with Crippen LogP contribution in [0.1, 0.15) is 52.1 Å². The van der Waals surface area contributed by atoms with Crippen LogP contribution in [0, 0.1) is 39.4 Å². The van der Waals surface area contributed by atoms with Gasteiger partial charge in [0.15, 0.2) is 10.7 Å². The molecular weight excluding hydrogens is 493 g/mol. The zero-order chi connectivity index (χ0) is 26.7. The Bertz CT molecular complexity index is 1410. The number of nitrogens with zero attached hydrogens (tertiary/aromatic N) is 2. The number of halogens is 1. The molecule has 9 heteroatoms. The minimum absolute atomic E-state index is 0.0264. The van der Waals surface area contributed by atoms with E-state index in [1.54, 1.807) is 25.1 Å². The number of aromatic nitrogens is 1. The summed E-state index contributed by atoms with van der Waals surface area (Å²) in [6.45, 7) is 8.30. The number of hydrogen-bond donors (Lipinski definition) is 1. The lowest BCUT2D eigenvalue weighted by Gasteiger charge is -2.31. The van der Waals surface area contributed by atoms with Gasteiger partial charge in [-0.3, -0.25) is 4.79 Å². The number of carbonyl (C=O) groups is 1. The SMILES string of the molecule is Cc1cc(C)c(/C=C/c2onc(C)c2S(=O)(=O)N2CCCC(C(=O)NCc3ccc(F)cc3)C2)c(C)c1. The second kappa shape index (κ2) is 11.0. The van der Waals surface area contributed by atoms with Crippen LogP contribution in [0.3, 0.4) is 0 Å². The van der Waals surface area contributed by atoms with E-state index in [9.17, 15) is 17.6 Å². The topological polar surface area (TPSA) is 92.5 Å². The van der Waals surface area contributed by atoms with Gasteiger partial charge in [-0.15, -0.1) is 0 Å². The first-order valence-electron chi connectivity index (χ1n) is 12.3. The summed E-state index contributed by atoms with van der Waals surface area (Å²) in [6.07, 6.45) is 4.65. The Labute approximate surface area is 217 Å². The number of sulfonamides is 1. The van der Waals surface area contributed by atoms with Gasteiger partial charge in [-0.2, -0.15) is 4.31 Å². The first-order valence-corrected chi connectivity index (χ1v) is 13.7. The van der Waals surface area contributed by atoms with E-state index in [2.05, 4.69) is 22.6 Å². The molecule has 37 heavy (non-hydrogen) atoms. The van der Waals surface area contributed by atoms with E-state index in [4.69, 9.17) is 4.52 Å². The second-order valence-electron chi connectivity index (χ2n) is 9.65. The van der Waals surface area contributed by atoms with E-state index in [1.807, 2.05) is 26.8 Å². The third kappa shape index (κ3) is 5.99. The molecule has 1 amide bonds. The summed E-state index contributed by atoms with van der Waals surface area (Å²) < 4.78 is 47.3. The molecule has 1 aliphatic rings. The molecule has 0 aliphatic carbocycles. The molecule has 0 bridgehead atoms. The van der Waals surface area contributed by atoms with Gasteiger partial charge in [0.1, 0.15) is 11.5 Å². The molecule has 2 heterocycles. The zero-order valence-electron chi connectivity index (χ0n) is 21.5. The van der Waals surface area contributed by atoms with Crippen molar-refractivity contribution in [2.45, 2.75) is 52.0 Å². The van der Waals surface area contributed by atoms with Crippen LogP contribution < -0.4 is 5.32 Å². The van der Waals surface area contributed by atoms with E-state index in [1.165, 1.54) is 16.4 Å². The Morgan fingerprint density at radius 1 is 1.14 bits per heavy atom. The fourth-order valence-electron chi connectivity index (χ4n) is 4.85. The van der Waals surface area contributed by atoms with Gasteiger partial charge in [0.05, 0.1) is 5.92 Å². The Kier molecular flexibility index (Phi) is 7.94. The summed E-state index contributed by atoms with van der Waals surface area (Å²) in [5.41, 5.74) is 5.37. The van der Waals surface area contributed by atoms with Gasteiger partial charge in [0, 0.05) is 19.6 Å². The minimum atomic E-state index is -3.95. The quantitative estimate of drug-likeness (QED) is 0.472. The number of aryl methyl sites for hydroxylation is 4. The number of benzene rings is 2. The lowest BCUT2D eigenvalue weighted by atomic mass is 9.99. The molecule has 0 spiro atoms. The van der Waals surface area contributed by atoms with Crippen LogP contribution >= 0.6 is 0 Å². The van der Waals surface area contributed by atoms with E-state index in [-0.39, 0.29) is 41.2 Å². The molecule has 1 N–H and O–H groups in total. The molecule has 1 fully saturated rings. The molecular formula is C28H32FN3O4S. The smallest absolute Gasteiger partial charge is 0.248 e. The monoisotopic (exact) mass is 525 g/mol. The Balaban J connectivity index is 1.51. The van der Waals surface area contributed by atoms with Crippen molar-refractivity contribution < 1.29 is 22.1 Å². The third-order valence-electron chi connectivity index (χ3n) is 6.71.